The quantitative estimate of drug-likeness (QED) is 0.132. The number of aliphatic carboxylic acids is 1. The Morgan fingerprint density at radius 2 is 1.78 bits per heavy atom. The molecule has 0 aliphatic heterocycles. The van der Waals surface area contributed by atoms with E-state index in [1.54, 1.807) is 25.3 Å². The van der Waals surface area contributed by atoms with Crippen LogP contribution in [0.15, 0.2) is 66.7 Å². The van der Waals surface area contributed by atoms with Gasteiger partial charge < -0.3 is 15.6 Å². The van der Waals surface area contributed by atoms with Crippen molar-refractivity contribution in [1.82, 2.24) is 0 Å². The van der Waals surface area contributed by atoms with Crippen LogP contribution in [0.3, 0.4) is 0 Å². The summed E-state index contributed by atoms with van der Waals surface area (Å²) in [6.07, 6.45) is 5.68. The van der Waals surface area contributed by atoms with Crippen LogP contribution in [0.25, 0.3) is 17.2 Å². The molecule has 0 saturated heterocycles. The summed E-state index contributed by atoms with van der Waals surface area (Å²) in [6, 6.07) is 18.1. The molecule has 4 rings (SSSR count). The maximum Gasteiger partial charge on any atom is 0.328 e. The maximum atomic E-state index is 14.0. The van der Waals surface area contributed by atoms with Crippen molar-refractivity contribution in [3.05, 3.63) is 99.6 Å². The number of carboxylic acid groups (broad SMARTS) is 1. The van der Waals surface area contributed by atoms with E-state index in [4.69, 9.17) is 32.6 Å². The van der Waals surface area contributed by atoms with Gasteiger partial charge in [0.2, 0.25) is 5.97 Å². The zero-order chi connectivity index (χ0) is 25.8. The first-order valence-electron chi connectivity index (χ1n) is 11.5. The second-order valence-electron chi connectivity index (χ2n) is 8.67. The van der Waals surface area contributed by atoms with Crippen molar-refractivity contribution in [3.8, 4) is 5.75 Å². The van der Waals surface area contributed by atoms with Crippen LogP contribution in [-0.2, 0) is 4.79 Å². The molecule has 0 unspecified atom stereocenters. The molecule has 0 amide bonds. The van der Waals surface area contributed by atoms with Crippen LogP contribution in [-0.4, -0.2) is 24.2 Å². The lowest BCUT2D eigenvalue weighted by atomic mass is 9.73. The molecule has 1 aliphatic rings. The first kappa shape index (κ1) is 25.2. The SMILES string of the molecule is COc1ccc(C(=C(c2ccc(C=CC(=O)O)cc2)c2ccc(N)c(C(=N)F)c2)C2CCC2)c(Cl)c1. The number of benzene rings is 3. The molecule has 5 nitrogen and oxygen atoms in total. The second-order valence-corrected chi connectivity index (χ2v) is 9.08. The van der Waals surface area contributed by atoms with E-state index in [1.807, 2.05) is 42.5 Å². The van der Waals surface area contributed by atoms with Gasteiger partial charge in [0, 0.05) is 11.8 Å². The largest absolute Gasteiger partial charge is 0.497 e. The van der Waals surface area contributed by atoms with Crippen molar-refractivity contribution in [2.75, 3.05) is 12.8 Å². The van der Waals surface area contributed by atoms with Gasteiger partial charge in [-0.15, -0.1) is 0 Å². The molecule has 4 N–H and O–H groups in total. The molecule has 0 spiro atoms. The molecule has 3 aromatic carbocycles. The molecule has 1 aliphatic carbocycles. The van der Waals surface area contributed by atoms with E-state index in [-0.39, 0.29) is 17.2 Å². The highest BCUT2D eigenvalue weighted by Crippen LogP contribution is 2.47. The monoisotopic (exact) mass is 504 g/mol. The van der Waals surface area contributed by atoms with Crippen molar-refractivity contribution in [2.24, 2.45) is 5.92 Å². The van der Waals surface area contributed by atoms with Gasteiger partial charge in [0.25, 0.3) is 0 Å². The van der Waals surface area contributed by atoms with Crippen LogP contribution in [0.4, 0.5) is 10.1 Å². The van der Waals surface area contributed by atoms with Gasteiger partial charge >= 0.3 is 5.97 Å². The van der Waals surface area contributed by atoms with Crippen LogP contribution < -0.4 is 10.5 Å². The third kappa shape index (κ3) is 5.34. The molecule has 0 atom stereocenters. The number of rotatable bonds is 8. The van der Waals surface area contributed by atoms with Crippen LogP contribution in [0.1, 0.15) is 47.1 Å². The minimum absolute atomic E-state index is 0.0276. The Bertz CT molecular complexity index is 1380. The van der Waals surface area contributed by atoms with Gasteiger partial charge in [0.15, 0.2) is 0 Å². The Kier molecular flexibility index (Phi) is 7.55. The van der Waals surface area contributed by atoms with Gasteiger partial charge in [-0.05, 0) is 88.6 Å². The minimum atomic E-state index is -1.10. The Hall–Kier alpha value is -3.90. The van der Waals surface area contributed by atoms with E-state index in [0.717, 1.165) is 53.2 Å². The minimum Gasteiger partial charge on any atom is -0.497 e. The Labute approximate surface area is 214 Å². The lowest BCUT2D eigenvalue weighted by Crippen LogP contribution is -2.15. The van der Waals surface area contributed by atoms with Crippen LogP contribution in [0, 0.1) is 11.3 Å². The number of ether oxygens (including phenoxy) is 1. The van der Waals surface area contributed by atoms with E-state index < -0.39 is 11.9 Å². The molecular formula is C29H26ClFN2O3. The number of hydrogen-bond acceptors (Lipinski definition) is 4. The number of carboxylic acids is 1. The summed E-state index contributed by atoms with van der Waals surface area (Å²) in [5.74, 6) is -1.24. The Morgan fingerprint density at radius 3 is 2.33 bits per heavy atom. The van der Waals surface area contributed by atoms with Gasteiger partial charge in [-0.2, -0.15) is 4.39 Å². The van der Waals surface area contributed by atoms with Crippen LogP contribution in [0.5, 0.6) is 5.75 Å². The number of anilines is 1. The zero-order valence-corrected chi connectivity index (χ0v) is 20.5. The zero-order valence-electron chi connectivity index (χ0n) is 19.7. The topological polar surface area (TPSA) is 96.4 Å². The summed E-state index contributed by atoms with van der Waals surface area (Å²) in [5.41, 5.74) is 11.2. The second kappa shape index (κ2) is 10.8. The smallest absolute Gasteiger partial charge is 0.328 e. The molecule has 0 radical (unpaired) electrons. The molecule has 1 saturated carbocycles. The van der Waals surface area contributed by atoms with Gasteiger partial charge in [0.1, 0.15) is 5.75 Å². The fourth-order valence-electron chi connectivity index (χ4n) is 4.40. The summed E-state index contributed by atoms with van der Waals surface area (Å²) < 4.78 is 19.4. The number of halogens is 2. The third-order valence-corrected chi connectivity index (χ3v) is 6.76. The van der Waals surface area contributed by atoms with E-state index >= 15 is 0 Å². The fraction of sp³-hybridized carbons (Fsp3) is 0.172. The molecule has 0 heterocycles. The lowest BCUT2D eigenvalue weighted by Gasteiger charge is -2.32. The van der Waals surface area contributed by atoms with Gasteiger partial charge in [-0.3, -0.25) is 5.41 Å². The van der Waals surface area contributed by atoms with Crippen molar-refractivity contribution >= 4 is 46.4 Å². The molecule has 3 aromatic rings. The average molecular weight is 505 g/mol. The molecule has 36 heavy (non-hydrogen) atoms. The number of hydrogen-bond donors (Lipinski definition) is 3. The molecule has 0 bridgehead atoms. The van der Waals surface area contributed by atoms with Crippen LogP contribution >= 0.6 is 11.6 Å². The highest BCUT2D eigenvalue weighted by molar-refractivity contribution is 6.33. The lowest BCUT2D eigenvalue weighted by molar-refractivity contribution is -0.131. The molecule has 7 heteroatoms. The average Bonchev–Trinajstić information content (AvgIpc) is 2.82. The van der Waals surface area contributed by atoms with Crippen LogP contribution in [0.2, 0.25) is 5.02 Å². The predicted octanol–water partition coefficient (Wildman–Crippen LogP) is 7.08. The van der Waals surface area contributed by atoms with Crippen molar-refractivity contribution in [3.63, 3.8) is 0 Å². The number of nitrogens with one attached hydrogen (secondary N) is 1. The third-order valence-electron chi connectivity index (χ3n) is 6.45. The highest BCUT2D eigenvalue weighted by atomic mass is 35.5. The Morgan fingerprint density at radius 1 is 1.08 bits per heavy atom. The first-order valence-corrected chi connectivity index (χ1v) is 11.9. The Balaban J connectivity index is 1.99. The van der Waals surface area contributed by atoms with Gasteiger partial charge in [0.05, 0.1) is 17.7 Å². The molecule has 184 valence electrons. The fourth-order valence-corrected chi connectivity index (χ4v) is 4.68. The normalized spacial score (nSPS) is 14.3. The highest BCUT2D eigenvalue weighted by Gasteiger charge is 2.29. The number of nitrogens with two attached hydrogens (primary N) is 1. The predicted molar refractivity (Wildman–Crippen MR) is 143 cm³/mol. The van der Waals surface area contributed by atoms with Crippen molar-refractivity contribution < 1.29 is 19.0 Å². The van der Waals surface area contributed by atoms with E-state index in [9.17, 15) is 9.18 Å². The summed E-state index contributed by atoms with van der Waals surface area (Å²) in [4.78, 5) is 10.9. The van der Waals surface area contributed by atoms with E-state index in [2.05, 4.69) is 0 Å². The molecule has 1 fully saturated rings. The molecular weight excluding hydrogens is 479 g/mol. The van der Waals surface area contributed by atoms with Gasteiger partial charge in [-0.1, -0.05) is 48.4 Å². The summed E-state index contributed by atoms with van der Waals surface area (Å²) in [7, 11) is 1.58. The van der Waals surface area contributed by atoms with E-state index in [0.29, 0.717) is 16.3 Å². The van der Waals surface area contributed by atoms with E-state index in [1.165, 1.54) is 6.08 Å². The summed E-state index contributed by atoms with van der Waals surface area (Å²) in [6.45, 7) is 0. The standard InChI is InChI=1S/C29H26ClFN2O3/c1-36-21-11-12-22(24(30)16-21)28(18-3-2-4-18)27(20-10-13-25(32)23(15-20)29(31)33)19-8-5-17(6-9-19)7-14-26(34)35/h5-16,18,33H,2-4,32H2,1H3,(H,34,35). The van der Waals surface area contributed by atoms with Crippen molar-refractivity contribution in [1.29, 1.82) is 5.41 Å². The molecule has 0 aromatic heterocycles. The summed E-state index contributed by atoms with van der Waals surface area (Å²) >= 11 is 6.76. The number of carbonyl (C=O) groups is 1. The maximum absolute atomic E-state index is 14.0. The number of methoxy groups -OCH3 is 1. The summed E-state index contributed by atoms with van der Waals surface area (Å²) in [5, 5.41) is 17.0. The number of allylic oxidation sites excluding steroid dienone is 1. The first-order chi connectivity index (χ1) is 17.3. The van der Waals surface area contributed by atoms with Crippen molar-refractivity contribution in [2.45, 2.75) is 19.3 Å². The van der Waals surface area contributed by atoms with Gasteiger partial charge in [-0.25, -0.2) is 4.79 Å². The number of nitrogen functional groups attached to an aromatic ring is 1.